The van der Waals surface area contributed by atoms with Gasteiger partial charge in [0, 0.05) is 24.6 Å². The first-order valence-corrected chi connectivity index (χ1v) is 5.07. The molecule has 13 heavy (non-hydrogen) atoms. The molecule has 4 heteroatoms. The molecular weight excluding hydrogens is 186 g/mol. The highest BCUT2D eigenvalue weighted by Crippen LogP contribution is 2.20. The first-order chi connectivity index (χ1) is 6.06. The van der Waals surface area contributed by atoms with Crippen LogP contribution in [0.3, 0.4) is 0 Å². The molecule has 1 heterocycles. The van der Waals surface area contributed by atoms with E-state index >= 15 is 0 Å². The van der Waals surface area contributed by atoms with Crippen molar-refractivity contribution in [2.75, 3.05) is 7.11 Å². The summed E-state index contributed by atoms with van der Waals surface area (Å²) in [4.78, 5) is 5.04. The van der Waals surface area contributed by atoms with Crippen LogP contribution < -0.4 is 0 Å². The molecule has 0 fully saturated rings. The topological polar surface area (TPSA) is 42.4 Å². The van der Waals surface area contributed by atoms with Crippen molar-refractivity contribution in [1.82, 2.24) is 4.98 Å². The smallest absolute Gasteiger partial charge is 0.0925 e. The van der Waals surface area contributed by atoms with Gasteiger partial charge in [-0.3, -0.25) is 4.98 Å². The Morgan fingerprint density at radius 2 is 2.46 bits per heavy atom. The number of aliphatic hydroxyl groups is 1. The highest BCUT2D eigenvalue weighted by atomic mass is 32.1. The number of rotatable bonds is 4. The fraction of sp³-hybridized carbons (Fsp3) is 0.667. The Kier molecular flexibility index (Phi) is 3.41. The van der Waals surface area contributed by atoms with Gasteiger partial charge < -0.3 is 9.84 Å². The van der Waals surface area contributed by atoms with Gasteiger partial charge in [-0.1, -0.05) is 0 Å². The average Bonchev–Trinajstić information content (AvgIpc) is 2.54. The molecule has 1 rings (SSSR count). The minimum absolute atomic E-state index is 0.172. The van der Waals surface area contributed by atoms with E-state index in [-0.39, 0.29) is 6.10 Å². The van der Waals surface area contributed by atoms with Crippen LogP contribution in [0.4, 0.5) is 0 Å². The fourth-order valence-corrected chi connectivity index (χ4v) is 1.83. The quantitative estimate of drug-likeness (QED) is 0.802. The summed E-state index contributed by atoms with van der Waals surface area (Å²) in [6.07, 6.45) is 2.20. The molecule has 0 aliphatic rings. The SMILES string of the molecule is COC(C)C(C)(O)Cc1cncs1. The Morgan fingerprint density at radius 1 is 1.77 bits per heavy atom. The Labute approximate surface area is 82.4 Å². The lowest BCUT2D eigenvalue weighted by Gasteiger charge is -2.28. The maximum atomic E-state index is 10.0. The molecule has 0 amide bonds. The van der Waals surface area contributed by atoms with E-state index in [1.807, 2.05) is 6.92 Å². The molecule has 2 atom stereocenters. The van der Waals surface area contributed by atoms with E-state index in [0.29, 0.717) is 6.42 Å². The molecule has 3 nitrogen and oxygen atoms in total. The Balaban J connectivity index is 2.61. The molecule has 0 aliphatic carbocycles. The van der Waals surface area contributed by atoms with Crippen LogP contribution in [-0.2, 0) is 11.2 Å². The molecule has 1 N–H and O–H groups in total. The van der Waals surface area contributed by atoms with Crippen LogP contribution in [0, 0.1) is 0 Å². The predicted molar refractivity (Wildman–Crippen MR) is 52.9 cm³/mol. The number of aromatic nitrogens is 1. The van der Waals surface area contributed by atoms with Crippen molar-refractivity contribution in [2.24, 2.45) is 0 Å². The second-order valence-electron chi connectivity index (χ2n) is 3.38. The van der Waals surface area contributed by atoms with Crippen molar-refractivity contribution >= 4 is 11.3 Å². The highest BCUT2D eigenvalue weighted by molar-refractivity contribution is 7.09. The third-order valence-corrected chi connectivity index (χ3v) is 3.02. The zero-order chi connectivity index (χ0) is 9.90. The number of nitrogens with zero attached hydrogens (tertiary/aromatic N) is 1. The van der Waals surface area contributed by atoms with Crippen molar-refractivity contribution in [3.05, 3.63) is 16.6 Å². The van der Waals surface area contributed by atoms with Gasteiger partial charge >= 0.3 is 0 Å². The largest absolute Gasteiger partial charge is 0.387 e. The summed E-state index contributed by atoms with van der Waals surface area (Å²) in [7, 11) is 1.60. The number of methoxy groups -OCH3 is 1. The Morgan fingerprint density at radius 3 is 2.92 bits per heavy atom. The summed E-state index contributed by atoms with van der Waals surface area (Å²) in [5.74, 6) is 0. The molecule has 0 saturated heterocycles. The minimum Gasteiger partial charge on any atom is -0.387 e. The standard InChI is InChI=1S/C9H15NO2S/c1-7(12-3)9(2,11)4-8-5-10-6-13-8/h5-7,11H,4H2,1-3H3. The number of ether oxygens (including phenoxy) is 1. The lowest BCUT2D eigenvalue weighted by molar-refractivity contribution is -0.0711. The predicted octanol–water partition coefficient (Wildman–Crippen LogP) is 1.47. The molecule has 0 saturated carbocycles. The van der Waals surface area contributed by atoms with Crippen molar-refractivity contribution in [2.45, 2.75) is 32.0 Å². The van der Waals surface area contributed by atoms with Crippen molar-refractivity contribution in [1.29, 1.82) is 0 Å². The van der Waals surface area contributed by atoms with Crippen LogP contribution in [0.1, 0.15) is 18.7 Å². The third kappa shape index (κ3) is 2.76. The molecule has 0 aliphatic heterocycles. The summed E-state index contributed by atoms with van der Waals surface area (Å²) >= 11 is 1.55. The molecule has 74 valence electrons. The van der Waals surface area contributed by atoms with E-state index in [1.165, 1.54) is 0 Å². The lowest BCUT2D eigenvalue weighted by Crippen LogP contribution is -2.40. The number of hydrogen-bond donors (Lipinski definition) is 1. The van der Waals surface area contributed by atoms with Gasteiger partial charge in [-0.2, -0.15) is 0 Å². The molecule has 0 bridgehead atoms. The summed E-state index contributed by atoms with van der Waals surface area (Å²) < 4.78 is 5.10. The van der Waals surface area contributed by atoms with Crippen LogP contribution in [0.15, 0.2) is 11.7 Å². The van der Waals surface area contributed by atoms with Crippen molar-refractivity contribution in [3.63, 3.8) is 0 Å². The Bertz CT molecular complexity index is 246. The second-order valence-corrected chi connectivity index (χ2v) is 4.35. The fourth-order valence-electron chi connectivity index (χ4n) is 1.08. The van der Waals surface area contributed by atoms with Crippen molar-refractivity contribution in [3.8, 4) is 0 Å². The maximum Gasteiger partial charge on any atom is 0.0925 e. The first-order valence-electron chi connectivity index (χ1n) is 4.19. The van der Waals surface area contributed by atoms with Crippen LogP contribution >= 0.6 is 11.3 Å². The van der Waals surface area contributed by atoms with E-state index in [1.54, 1.807) is 37.1 Å². The van der Waals surface area contributed by atoms with Gasteiger partial charge in [0.1, 0.15) is 0 Å². The van der Waals surface area contributed by atoms with Gasteiger partial charge in [0.25, 0.3) is 0 Å². The zero-order valence-corrected chi connectivity index (χ0v) is 8.97. The zero-order valence-electron chi connectivity index (χ0n) is 8.15. The molecule has 2 unspecified atom stereocenters. The van der Waals surface area contributed by atoms with Gasteiger partial charge in [-0.15, -0.1) is 11.3 Å². The van der Waals surface area contributed by atoms with Crippen LogP contribution in [0.2, 0.25) is 0 Å². The summed E-state index contributed by atoms with van der Waals surface area (Å²) in [5, 5.41) is 10.0. The molecule has 1 aromatic rings. The highest BCUT2D eigenvalue weighted by Gasteiger charge is 2.29. The van der Waals surface area contributed by atoms with E-state index in [9.17, 15) is 5.11 Å². The number of hydrogen-bond acceptors (Lipinski definition) is 4. The molecule has 0 aromatic carbocycles. The van der Waals surface area contributed by atoms with E-state index in [0.717, 1.165) is 4.88 Å². The van der Waals surface area contributed by atoms with Crippen LogP contribution in [0.5, 0.6) is 0 Å². The average molecular weight is 201 g/mol. The van der Waals surface area contributed by atoms with Gasteiger partial charge in [0.2, 0.25) is 0 Å². The molecule has 0 spiro atoms. The van der Waals surface area contributed by atoms with E-state index < -0.39 is 5.60 Å². The summed E-state index contributed by atoms with van der Waals surface area (Å²) in [6, 6.07) is 0. The first kappa shape index (κ1) is 10.6. The summed E-state index contributed by atoms with van der Waals surface area (Å²) in [5.41, 5.74) is 0.949. The second kappa shape index (κ2) is 4.17. The van der Waals surface area contributed by atoms with E-state index in [2.05, 4.69) is 4.98 Å². The van der Waals surface area contributed by atoms with Gasteiger partial charge in [-0.25, -0.2) is 0 Å². The number of thiazole rings is 1. The third-order valence-electron chi connectivity index (χ3n) is 2.24. The monoisotopic (exact) mass is 201 g/mol. The maximum absolute atomic E-state index is 10.0. The Hall–Kier alpha value is -0.450. The van der Waals surface area contributed by atoms with Gasteiger partial charge in [-0.05, 0) is 13.8 Å². The molecular formula is C9H15NO2S. The van der Waals surface area contributed by atoms with E-state index in [4.69, 9.17) is 4.74 Å². The lowest BCUT2D eigenvalue weighted by atomic mass is 9.96. The minimum atomic E-state index is -0.818. The van der Waals surface area contributed by atoms with Gasteiger partial charge in [0.05, 0.1) is 17.2 Å². The molecule has 1 aromatic heterocycles. The van der Waals surface area contributed by atoms with Gasteiger partial charge in [0.15, 0.2) is 0 Å². The summed E-state index contributed by atoms with van der Waals surface area (Å²) in [6.45, 7) is 3.64. The molecule has 0 radical (unpaired) electrons. The normalized spacial score (nSPS) is 18.2. The van der Waals surface area contributed by atoms with Crippen molar-refractivity contribution < 1.29 is 9.84 Å². The van der Waals surface area contributed by atoms with Crippen LogP contribution in [-0.4, -0.2) is 28.9 Å². The van der Waals surface area contributed by atoms with Crippen LogP contribution in [0.25, 0.3) is 0 Å².